The van der Waals surface area contributed by atoms with Gasteiger partial charge < -0.3 is 5.32 Å². The van der Waals surface area contributed by atoms with Gasteiger partial charge in [0.1, 0.15) is 0 Å². The first-order valence-electron chi connectivity index (χ1n) is 9.30. The fourth-order valence-corrected chi connectivity index (χ4v) is 4.28. The summed E-state index contributed by atoms with van der Waals surface area (Å²) in [5, 5.41) is 3.58. The van der Waals surface area contributed by atoms with Crippen LogP contribution >= 0.6 is 0 Å². The highest BCUT2D eigenvalue weighted by molar-refractivity contribution is 4.84. The Morgan fingerprint density at radius 3 is 1.85 bits per heavy atom. The van der Waals surface area contributed by atoms with Crippen molar-refractivity contribution in [2.75, 3.05) is 13.1 Å². The lowest BCUT2D eigenvalue weighted by molar-refractivity contribution is 0.0770. The molecule has 2 saturated carbocycles. The molecule has 0 saturated heterocycles. The Bertz CT molecular complexity index is 224. The molecular weight excluding hydrogens is 244 g/mol. The lowest BCUT2D eigenvalue weighted by Crippen LogP contribution is -2.46. The second-order valence-electron chi connectivity index (χ2n) is 7.07. The molecule has 0 radical (unpaired) electrons. The summed E-state index contributed by atoms with van der Waals surface area (Å²) in [4.78, 5) is 2.94. The van der Waals surface area contributed by atoms with E-state index in [1.54, 1.807) is 0 Å². The van der Waals surface area contributed by atoms with Crippen molar-refractivity contribution in [2.45, 2.75) is 103 Å². The van der Waals surface area contributed by atoms with Crippen LogP contribution in [0.4, 0.5) is 0 Å². The van der Waals surface area contributed by atoms with Crippen LogP contribution in [0.3, 0.4) is 0 Å². The van der Waals surface area contributed by atoms with Crippen molar-refractivity contribution in [2.24, 2.45) is 0 Å². The highest BCUT2D eigenvalue weighted by atomic mass is 15.2. The standard InChI is InChI=1S/C18H36N2/c1-3-19-16(2)14-15-20(17-10-6-4-7-11-17)18-12-8-5-9-13-18/h16-19H,3-15H2,1-2H3. The van der Waals surface area contributed by atoms with Gasteiger partial charge >= 0.3 is 0 Å². The third kappa shape index (κ3) is 5.04. The van der Waals surface area contributed by atoms with E-state index >= 15 is 0 Å². The summed E-state index contributed by atoms with van der Waals surface area (Å²) < 4.78 is 0. The first-order valence-corrected chi connectivity index (χ1v) is 9.30. The Kier molecular flexibility index (Phi) is 7.37. The molecule has 0 heterocycles. The summed E-state index contributed by atoms with van der Waals surface area (Å²) in [6, 6.07) is 2.48. The Morgan fingerprint density at radius 1 is 0.900 bits per heavy atom. The fourth-order valence-electron chi connectivity index (χ4n) is 4.28. The van der Waals surface area contributed by atoms with Crippen LogP contribution in [0.2, 0.25) is 0 Å². The second-order valence-corrected chi connectivity index (χ2v) is 7.07. The molecule has 118 valence electrons. The maximum atomic E-state index is 3.58. The molecule has 0 aromatic rings. The number of rotatable bonds is 7. The van der Waals surface area contributed by atoms with E-state index < -0.39 is 0 Å². The number of hydrogen-bond donors (Lipinski definition) is 1. The minimum absolute atomic E-state index is 0.676. The highest BCUT2D eigenvalue weighted by Gasteiger charge is 2.28. The molecule has 1 N–H and O–H groups in total. The summed E-state index contributed by atoms with van der Waals surface area (Å²) in [5.41, 5.74) is 0. The van der Waals surface area contributed by atoms with E-state index in [0.29, 0.717) is 6.04 Å². The van der Waals surface area contributed by atoms with Crippen LogP contribution in [0.1, 0.15) is 84.5 Å². The van der Waals surface area contributed by atoms with Gasteiger partial charge in [-0.2, -0.15) is 0 Å². The highest BCUT2D eigenvalue weighted by Crippen LogP contribution is 2.30. The third-order valence-corrected chi connectivity index (χ3v) is 5.46. The summed E-state index contributed by atoms with van der Waals surface area (Å²) in [5.74, 6) is 0. The van der Waals surface area contributed by atoms with Crippen LogP contribution in [0, 0.1) is 0 Å². The van der Waals surface area contributed by atoms with Crippen LogP contribution in [0.15, 0.2) is 0 Å². The van der Waals surface area contributed by atoms with Gasteiger partial charge in [-0.15, -0.1) is 0 Å². The van der Waals surface area contributed by atoms with E-state index in [4.69, 9.17) is 0 Å². The summed E-state index contributed by atoms with van der Waals surface area (Å²) in [6.45, 7) is 7.00. The van der Waals surface area contributed by atoms with Crippen LogP contribution < -0.4 is 5.32 Å². The van der Waals surface area contributed by atoms with Crippen LogP contribution in [-0.2, 0) is 0 Å². The van der Waals surface area contributed by atoms with Crippen molar-refractivity contribution in [3.05, 3.63) is 0 Å². The summed E-state index contributed by atoms with van der Waals surface area (Å²) >= 11 is 0. The van der Waals surface area contributed by atoms with Gasteiger partial charge in [0, 0.05) is 24.7 Å². The predicted octanol–water partition coefficient (Wildman–Crippen LogP) is 4.34. The maximum Gasteiger partial charge on any atom is 0.00982 e. The average Bonchev–Trinajstić information content (AvgIpc) is 2.50. The van der Waals surface area contributed by atoms with E-state index in [2.05, 4.69) is 24.1 Å². The number of nitrogens with one attached hydrogen (secondary N) is 1. The average molecular weight is 280 g/mol. The van der Waals surface area contributed by atoms with Gasteiger partial charge in [-0.3, -0.25) is 4.90 Å². The van der Waals surface area contributed by atoms with E-state index in [1.807, 2.05) is 0 Å². The van der Waals surface area contributed by atoms with E-state index in [9.17, 15) is 0 Å². The normalized spacial score (nSPS) is 24.1. The molecule has 0 aliphatic heterocycles. The first-order chi connectivity index (χ1) is 9.81. The van der Waals surface area contributed by atoms with E-state index in [0.717, 1.165) is 18.6 Å². The van der Waals surface area contributed by atoms with Crippen LogP contribution in [0.25, 0.3) is 0 Å². The molecule has 20 heavy (non-hydrogen) atoms. The van der Waals surface area contributed by atoms with Crippen molar-refractivity contribution in [1.82, 2.24) is 10.2 Å². The SMILES string of the molecule is CCNC(C)CCN(C1CCCCC1)C1CCCCC1. The summed E-state index contributed by atoms with van der Waals surface area (Å²) in [7, 11) is 0. The van der Waals surface area contributed by atoms with Crippen molar-refractivity contribution in [3.63, 3.8) is 0 Å². The van der Waals surface area contributed by atoms with Gasteiger partial charge in [-0.05, 0) is 45.6 Å². The summed E-state index contributed by atoms with van der Waals surface area (Å²) in [6.07, 6.45) is 16.0. The number of hydrogen-bond acceptors (Lipinski definition) is 2. The van der Waals surface area contributed by atoms with Gasteiger partial charge in [-0.1, -0.05) is 45.4 Å². The van der Waals surface area contributed by atoms with E-state index in [-0.39, 0.29) is 0 Å². The molecule has 0 amide bonds. The molecule has 0 bridgehead atoms. The van der Waals surface area contributed by atoms with Gasteiger partial charge in [0.2, 0.25) is 0 Å². The van der Waals surface area contributed by atoms with Gasteiger partial charge in [0.15, 0.2) is 0 Å². The zero-order chi connectivity index (χ0) is 14.2. The zero-order valence-corrected chi connectivity index (χ0v) is 13.9. The topological polar surface area (TPSA) is 15.3 Å². The minimum atomic E-state index is 0.676. The predicted molar refractivity (Wildman–Crippen MR) is 88.2 cm³/mol. The lowest BCUT2D eigenvalue weighted by Gasteiger charge is -2.42. The molecule has 0 aromatic heterocycles. The van der Waals surface area contributed by atoms with Crippen LogP contribution in [0.5, 0.6) is 0 Å². The molecule has 2 fully saturated rings. The Morgan fingerprint density at radius 2 is 1.40 bits per heavy atom. The minimum Gasteiger partial charge on any atom is -0.314 e. The van der Waals surface area contributed by atoms with Crippen molar-refractivity contribution < 1.29 is 0 Å². The number of nitrogens with zero attached hydrogens (tertiary/aromatic N) is 1. The molecule has 2 nitrogen and oxygen atoms in total. The quantitative estimate of drug-likeness (QED) is 0.746. The first kappa shape index (κ1) is 16.3. The van der Waals surface area contributed by atoms with Crippen molar-refractivity contribution in [3.8, 4) is 0 Å². The molecule has 2 rings (SSSR count). The second kappa shape index (κ2) is 9.04. The Balaban J connectivity index is 1.88. The fraction of sp³-hybridized carbons (Fsp3) is 1.00. The van der Waals surface area contributed by atoms with Crippen LogP contribution in [-0.4, -0.2) is 36.1 Å². The Hall–Kier alpha value is -0.0800. The third-order valence-electron chi connectivity index (χ3n) is 5.46. The lowest BCUT2D eigenvalue weighted by atomic mass is 9.88. The largest absolute Gasteiger partial charge is 0.314 e. The molecule has 2 aliphatic rings. The van der Waals surface area contributed by atoms with Gasteiger partial charge in [-0.25, -0.2) is 0 Å². The molecule has 0 spiro atoms. The smallest absolute Gasteiger partial charge is 0.00982 e. The maximum absolute atomic E-state index is 3.58. The molecule has 0 aromatic carbocycles. The monoisotopic (exact) mass is 280 g/mol. The van der Waals surface area contributed by atoms with Crippen molar-refractivity contribution >= 4 is 0 Å². The Labute approximate surface area is 126 Å². The van der Waals surface area contributed by atoms with E-state index in [1.165, 1.54) is 77.2 Å². The van der Waals surface area contributed by atoms with Gasteiger partial charge in [0.25, 0.3) is 0 Å². The van der Waals surface area contributed by atoms with Gasteiger partial charge in [0.05, 0.1) is 0 Å². The molecular formula is C18H36N2. The molecule has 2 aliphatic carbocycles. The zero-order valence-electron chi connectivity index (χ0n) is 13.9. The molecule has 1 atom stereocenters. The molecule has 2 heteroatoms. The van der Waals surface area contributed by atoms with Crippen molar-refractivity contribution in [1.29, 1.82) is 0 Å². The molecule has 1 unspecified atom stereocenters.